The van der Waals surface area contributed by atoms with E-state index in [1.807, 2.05) is 54.0 Å². The lowest BCUT2D eigenvalue weighted by atomic mass is 10.0. The van der Waals surface area contributed by atoms with Crippen LogP contribution in [0.5, 0.6) is 0 Å². The number of hydrogen-bond donors (Lipinski definition) is 0. The van der Waals surface area contributed by atoms with E-state index in [9.17, 15) is 9.59 Å². The standard InChI is InChI=1S/C19H29N3O3/c1-4-20(5-2)19(24)18(16-9-7-6-8-10-16)22-13-11-21(12-14-22)17(23)15-25-3/h6-10,18H,4-5,11-15H2,1-3H3/t18-/m0/s1. The highest BCUT2D eigenvalue weighted by atomic mass is 16.5. The van der Waals surface area contributed by atoms with Gasteiger partial charge in [-0.15, -0.1) is 0 Å². The number of benzene rings is 1. The smallest absolute Gasteiger partial charge is 0.248 e. The molecule has 0 aromatic heterocycles. The SMILES string of the molecule is CCN(CC)C(=O)[C@H](c1ccccc1)N1CCN(C(=O)COC)CC1. The van der Waals surface area contributed by atoms with Crippen molar-refractivity contribution in [3.05, 3.63) is 35.9 Å². The van der Waals surface area contributed by atoms with E-state index in [2.05, 4.69) is 4.90 Å². The molecular weight excluding hydrogens is 318 g/mol. The minimum Gasteiger partial charge on any atom is -0.375 e. The van der Waals surface area contributed by atoms with E-state index in [0.29, 0.717) is 39.3 Å². The van der Waals surface area contributed by atoms with Crippen LogP contribution in [-0.2, 0) is 14.3 Å². The maximum atomic E-state index is 13.1. The molecule has 25 heavy (non-hydrogen) atoms. The van der Waals surface area contributed by atoms with Crippen molar-refractivity contribution in [2.75, 3.05) is 53.0 Å². The molecule has 2 amide bonds. The van der Waals surface area contributed by atoms with Gasteiger partial charge in [-0.3, -0.25) is 14.5 Å². The van der Waals surface area contributed by atoms with Gasteiger partial charge in [0.05, 0.1) is 0 Å². The van der Waals surface area contributed by atoms with Crippen LogP contribution in [0.2, 0.25) is 0 Å². The minimum absolute atomic E-state index is 0.00785. The average molecular weight is 347 g/mol. The molecule has 1 aliphatic heterocycles. The second kappa shape index (κ2) is 9.53. The summed E-state index contributed by atoms with van der Waals surface area (Å²) >= 11 is 0. The summed E-state index contributed by atoms with van der Waals surface area (Å²) in [7, 11) is 1.53. The highest BCUT2D eigenvalue weighted by Crippen LogP contribution is 2.24. The normalized spacial score (nSPS) is 16.5. The number of amides is 2. The lowest BCUT2D eigenvalue weighted by Crippen LogP contribution is -2.53. The highest BCUT2D eigenvalue weighted by molar-refractivity contribution is 5.83. The van der Waals surface area contributed by atoms with Gasteiger partial charge in [-0.1, -0.05) is 30.3 Å². The lowest BCUT2D eigenvalue weighted by molar-refractivity contribution is -0.140. The van der Waals surface area contributed by atoms with Crippen LogP contribution in [0.4, 0.5) is 0 Å². The van der Waals surface area contributed by atoms with E-state index in [4.69, 9.17) is 4.74 Å². The summed E-state index contributed by atoms with van der Waals surface area (Å²) in [5.41, 5.74) is 1.01. The summed E-state index contributed by atoms with van der Waals surface area (Å²) < 4.78 is 4.93. The van der Waals surface area contributed by atoms with Crippen molar-refractivity contribution in [1.82, 2.24) is 14.7 Å². The molecule has 0 N–H and O–H groups in total. The van der Waals surface area contributed by atoms with Crippen LogP contribution in [0.3, 0.4) is 0 Å². The van der Waals surface area contributed by atoms with Crippen molar-refractivity contribution in [1.29, 1.82) is 0 Å². The zero-order valence-electron chi connectivity index (χ0n) is 15.5. The molecule has 1 saturated heterocycles. The molecule has 1 aromatic carbocycles. The fourth-order valence-electron chi connectivity index (χ4n) is 3.30. The van der Waals surface area contributed by atoms with Crippen LogP contribution in [0, 0.1) is 0 Å². The van der Waals surface area contributed by atoms with Crippen molar-refractivity contribution in [2.45, 2.75) is 19.9 Å². The van der Waals surface area contributed by atoms with E-state index in [1.165, 1.54) is 7.11 Å². The first-order valence-corrected chi connectivity index (χ1v) is 8.96. The van der Waals surface area contributed by atoms with Gasteiger partial charge >= 0.3 is 0 Å². The molecule has 0 radical (unpaired) electrons. The molecule has 0 saturated carbocycles. The molecule has 138 valence electrons. The molecule has 0 bridgehead atoms. The molecule has 2 rings (SSSR count). The van der Waals surface area contributed by atoms with Gasteiger partial charge in [0.15, 0.2) is 0 Å². The molecular formula is C19H29N3O3. The van der Waals surface area contributed by atoms with Gasteiger partial charge in [0.1, 0.15) is 12.6 Å². The Labute approximate surface area is 150 Å². The number of hydrogen-bond acceptors (Lipinski definition) is 4. The monoisotopic (exact) mass is 347 g/mol. The third-order valence-electron chi connectivity index (χ3n) is 4.72. The van der Waals surface area contributed by atoms with E-state index in [0.717, 1.165) is 5.56 Å². The van der Waals surface area contributed by atoms with Crippen molar-refractivity contribution in [3.63, 3.8) is 0 Å². The van der Waals surface area contributed by atoms with Gasteiger partial charge in [-0.25, -0.2) is 0 Å². The molecule has 1 aliphatic rings. The summed E-state index contributed by atoms with van der Waals surface area (Å²) in [6.45, 7) is 8.13. The van der Waals surface area contributed by atoms with Crippen molar-refractivity contribution in [2.24, 2.45) is 0 Å². The average Bonchev–Trinajstić information content (AvgIpc) is 2.64. The largest absolute Gasteiger partial charge is 0.375 e. The second-order valence-electron chi connectivity index (χ2n) is 6.17. The Bertz CT molecular complexity index is 552. The topological polar surface area (TPSA) is 53.1 Å². The molecule has 6 heteroatoms. The maximum Gasteiger partial charge on any atom is 0.248 e. The molecule has 1 heterocycles. The van der Waals surface area contributed by atoms with Crippen LogP contribution >= 0.6 is 0 Å². The van der Waals surface area contributed by atoms with E-state index < -0.39 is 0 Å². The molecule has 0 unspecified atom stereocenters. The number of methoxy groups -OCH3 is 1. The predicted octanol–water partition coefficient (Wildman–Crippen LogP) is 1.39. The Kier molecular flexibility index (Phi) is 7.40. The Hall–Kier alpha value is -1.92. The Balaban J connectivity index is 2.15. The zero-order valence-corrected chi connectivity index (χ0v) is 15.5. The summed E-state index contributed by atoms with van der Waals surface area (Å²) in [6.07, 6.45) is 0. The van der Waals surface area contributed by atoms with Gasteiger partial charge in [-0.2, -0.15) is 0 Å². The molecule has 6 nitrogen and oxygen atoms in total. The third kappa shape index (κ3) is 4.80. The predicted molar refractivity (Wildman–Crippen MR) is 97.1 cm³/mol. The number of piperazine rings is 1. The first-order chi connectivity index (χ1) is 12.1. The summed E-state index contributed by atoms with van der Waals surface area (Å²) in [5.74, 6) is 0.140. The van der Waals surface area contributed by atoms with Gasteiger partial charge in [0.25, 0.3) is 0 Å². The van der Waals surface area contributed by atoms with E-state index >= 15 is 0 Å². The fourth-order valence-corrected chi connectivity index (χ4v) is 3.30. The van der Waals surface area contributed by atoms with Crippen LogP contribution < -0.4 is 0 Å². The van der Waals surface area contributed by atoms with Crippen molar-refractivity contribution in [3.8, 4) is 0 Å². The van der Waals surface area contributed by atoms with E-state index in [1.54, 1.807) is 0 Å². The highest BCUT2D eigenvalue weighted by Gasteiger charge is 2.33. The number of likely N-dealkylation sites (N-methyl/N-ethyl adjacent to an activating group) is 1. The molecule has 0 aliphatic carbocycles. The van der Waals surface area contributed by atoms with Crippen molar-refractivity contribution < 1.29 is 14.3 Å². The number of nitrogens with zero attached hydrogens (tertiary/aromatic N) is 3. The number of carbonyl (C=O) groups is 2. The summed E-state index contributed by atoms with van der Waals surface area (Å²) in [4.78, 5) is 31.0. The van der Waals surface area contributed by atoms with Crippen LogP contribution in [0.1, 0.15) is 25.5 Å². The third-order valence-corrected chi connectivity index (χ3v) is 4.72. The van der Waals surface area contributed by atoms with Gasteiger partial charge in [0.2, 0.25) is 11.8 Å². The quantitative estimate of drug-likeness (QED) is 0.748. The summed E-state index contributed by atoms with van der Waals surface area (Å²) in [6, 6.07) is 9.62. The fraction of sp³-hybridized carbons (Fsp3) is 0.579. The Morgan fingerprint density at radius 3 is 2.20 bits per heavy atom. The first-order valence-electron chi connectivity index (χ1n) is 8.96. The van der Waals surface area contributed by atoms with Gasteiger partial charge in [-0.05, 0) is 19.4 Å². The van der Waals surface area contributed by atoms with Crippen LogP contribution in [0.15, 0.2) is 30.3 Å². The zero-order chi connectivity index (χ0) is 18.2. The van der Waals surface area contributed by atoms with Crippen molar-refractivity contribution >= 4 is 11.8 Å². The Morgan fingerprint density at radius 1 is 1.08 bits per heavy atom. The number of carbonyl (C=O) groups excluding carboxylic acids is 2. The second-order valence-corrected chi connectivity index (χ2v) is 6.17. The number of rotatable bonds is 7. The first kappa shape index (κ1) is 19.4. The maximum absolute atomic E-state index is 13.1. The van der Waals surface area contributed by atoms with Gasteiger partial charge in [0, 0.05) is 46.4 Å². The minimum atomic E-state index is -0.291. The van der Waals surface area contributed by atoms with Gasteiger partial charge < -0.3 is 14.5 Å². The Morgan fingerprint density at radius 2 is 1.68 bits per heavy atom. The number of ether oxygens (including phenoxy) is 1. The molecule has 0 spiro atoms. The molecule has 1 atom stereocenters. The lowest BCUT2D eigenvalue weighted by Gasteiger charge is -2.40. The summed E-state index contributed by atoms with van der Waals surface area (Å²) in [5, 5.41) is 0. The van der Waals surface area contributed by atoms with Crippen LogP contribution in [-0.4, -0.2) is 79.5 Å². The molecule has 1 fully saturated rings. The van der Waals surface area contributed by atoms with Crippen LogP contribution in [0.25, 0.3) is 0 Å². The van der Waals surface area contributed by atoms with E-state index in [-0.39, 0.29) is 24.5 Å². The molecule has 1 aromatic rings.